The molecule has 3 atom stereocenters. The van der Waals surface area contributed by atoms with Gasteiger partial charge in [0.15, 0.2) is 5.96 Å². The fraction of sp³-hybridized carbons (Fsp3) is 0.450. The molecule has 13 heteroatoms. The van der Waals surface area contributed by atoms with E-state index in [4.69, 9.17) is 22.9 Å². The SMILES string of the molecule is NC(=O)CCC(N)C(=O)NC(CCCN=C(N)N)C(=O)NC(Cc1ccc(O)cc1)C(=O)O. The number of amides is 3. The van der Waals surface area contributed by atoms with Crippen molar-refractivity contribution in [2.75, 3.05) is 6.54 Å². The highest BCUT2D eigenvalue weighted by Crippen LogP contribution is 2.12. The Morgan fingerprint density at radius 1 is 0.939 bits per heavy atom. The highest BCUT2D eigenvalue weighted by molar-refractivity contribution is 5.92. The molecule has 33 heavy (non-hydrogen) atoms. The number of guanidine groups is 1. The Kier molecular flexibility index (Phi) is 11.1. The molecule has 0 bridgehead atoms. The van der Waals surface area contributed by atoms with E-state index in [0.717, 1.165) is 0 Å². The summed E-state index contributed by atoms with van der Waals surface area (Å²) in [4.78, 5) is 51.6. The summed E-state index contributed by atoms with van der Waals surface area (Å²) in [6, 6.07) is 2.37. The van der Waals surface area contributed by atoms with Gasteiger partial charge in [-0.15, -0.1) is 0 Å². The van der Waals surface area contributed by atoms with E-state index in [-0.39, 0.29) is 43.9 Å². The van der Waals surface area contributed by atoms with Crippen LogP contribution in [0.5, 0.6) is 5.75 Å². The first-order valence-corrected chi connectivity index (χ1v) is 10.2. The van der Waals surface area contributed by atoms with Gasteiger partial charge >= 0.3 is 5.97 Å². The van der Waals surface area contributed by atoms with Crippen molar-refractivity contribution >= 4 is 29.7 Å². The Bertz CT molecular complexity index is 855. The average molecular weight is 466 g/mol. The van der Waals surface area contributed by atoms with Gasteiger partial charge < -0.3 is 43.8 Å². The molecule has 0 aliphatic heterocycles. The molecule has 0 aliphatic rings. The molecule has 1 rings (SSSR count). The molecule has 0 heterocycles. The maximum atomic E-state index is 12.8. The van der Waals surface area contributed by atoms with Crippen LogP contribution >= 0.6 is 0 Å². The molecule has 0 aromatic heterocycles. The normalized spacial score (nSPS) is 13.2. The Hall–Kier alpha value is -3.87. The summed E-state index contributed by atoms with van der Waals surface area (Å²) in [5.74, 6) is -3.44. The largest absolute Gasteiger partial charge is 0.508 e. The Labute approximate surface area is 190 Å². The summed E-state index contributed by atoms with van der Waals surface area (Å²) in [7, 11) is 0. The Morgan fingerprint density at radius 3 is 2.09 bits per heavy atom. The highest BCUT2D eigenvalue weighted by atomic mass is 16.4. The molecule has 1 aromatic carbocycles. The van der Waals surface area contributed by atoms with Gasteiger partial charge in [-0.05, 0) is 37.0 Å². The van der Waals surface area contributed by atoms with E-state index in [1.54, 1.807) is 0 Å². The zero-order valence-corrected chi connectivity index (χ0v) is 18.1. The second kappa shape index (κ2) is 13.5. The van der Waals surface area contributed by atoms with Crippen molar-refractivity contribution in [2.24, 2.45) is 27.9 Å². The summed E-state index contributed by atoms with van der Waals surface area (Å²) in [6.07, 6.45) is 0.241. The number of rotatable bonds is 14. The number of phenolic OH excluding ortho intramolecular Hbond substituents is 1. The first-order chi connectivity index (χ1) is 15.5. The van der Waals surface area contributed by atoms with Crippen LogP contribution in [-0.4, -0.2) is 64.5 Å². The quantitative estimate of drug-likeness (QED) is 0.0829. The van der Waals surface area contributed by atoms with Gasteiger partial charge in [0.25, 0.3) is 0 Å². The molecule has 0 spiro atoms. The van der Waals surface area contributed by atoms with E-state index in [1.165, 1.54) is 24.3 Å². The van der Waals surface area contributed by atoms with E-state index < -0.39 is 41.8 Å². The van der Waals surface area contributed by atoms with Crippen LogP contribution in [0.4, 0.5) is 0 Å². The third-order valence-corrected chi connectivity index (χ3v) is 4.61. The van der Waals surface area contributed by atoms with Crippen molar-refractivity contribution in [3.05, 3.63) is 29.8 Å². The number of carbonyl (C=O) groups excluding carboxylic acids is 3. The molecule has 182 valence electrons. The van der Waals surface area contributed by atoms with E-state index in [1.807, 2.05) is 0 Å². The number of nitrogens with two attached hydrogens (primary N) is 4. The van der Waals surface area contributed by atoms with Crippen molar-refractivity contribution in [1.82, 2.24) is 10.6 Å². The zero-order valence-electron chi connectivity index (χ0n) is 18.1. The molecule has 3 amide bonds. The number of nitrogens with zero attached hydrogens (tertiary/aromatic N) is 1. The fourth-order valence-electron chi connectivity index (χ4n) is 2.82. The van der Waals surface area contributed by atoms with Crippen LogP contribution in [0.3, 0.4) is 0 Å². The van der Waals surface area contributed by atoms with Crippen molar-refractivity contribution in [3.8, 4) is 5.75 Å². The molecule has 0 radical (unpaired) electrons. The number of carboxylic acids is 1. The van der Waals surface area contributed by atoms with E-state index >= 15 is 0 Å². The second-order valence-corrected chi connectivity index (χ2v) is 7.39. The molecule has 0 saturated heterocycles. The van der Waals surface area contributed by atoms with E-state index in [9.17, 15) is 29.4 Å². The predicted octanol–water partition coefficient (Wildman–Crippen LogP) is -2.36. The van der Waals surface area contributed by atoms with Gasteiger partial charge in [-0.3, -0.25) is 19.4 Å². The number of phenols is 1. The number of benzene rings is 1. The number of aliphatic imine (C=N–C) groups is 1. The lowest BCUT2D eigenvalue weighted by Gasteiger charge is -2.23. The van der Waals surface area contributed by atoms with E-state index in [0.29, 0.717) is 12.0 Å². The molecule has 0 aliphatic carbocycles. The summed E-state index contributed by atoms with van der Waals surface area (Å²) in [6.45, 7) is 0.186. The molecule has 3 unspecified atom stereocenters. The number of aromatic hydroxyl groups is 1. The molecule has 0 fully saturated rings. The summed E-state index contributed by atoms with van der Waals surface area (Å²) in [5, 5.41) is 23.8. The van der Waals surface area contributed by atoms with Gasteiger partial charge in [0.1, 0.15) is 17.8 Å². The lowest BCUT2D eigenvalue weighted by Crippen LogP contribution is -2.55. The topological polar surface area (TPSA) is 249 Å². The van der Waals surface area contributed by atoms with Crippen molar-refractivity contribution in [3.63, 3.8) is 0 Å². The van der Waals surface area contributed by atoms with Gasteiger partial charge in [0.05, 0.1) is 6.04 Å². The number of aliphatic carboxylic acids is 1. The maximum Gasteiger partial charge on any atom is 0.326 e. The van der Waals surface area contributed by atoms with Crippen LogP contribution in [0.25, 0.3) is 0 Å². The van der Waals surface area contributed by atoms with Gasteiger partial charge in [0, 0.05) is 19.4 Å². The monoisotopic (exact) mass is 465 g/mol. The van der Waals surface area contributed by atoms with Gasteiger partial charge in [-0.2, -0.15) is 0 Å². The second-order valence-electron chi connectivity index (χ2n) is 7.39. The molecular weight excluding hydrogens is 434 g/mol. The smallest absolute Gasteiger partial charge is 0.326 e. The molecule has 12 N–H and O–H groups in total. The maximum absolute atomic E-state index is 12.8. The standard InChI is InChI=1S/C20H31N7O6/c21-13(7-8-16(22)29)17(30)26-14(2-1-9-25-20(23)24)18(31)27-15(19(32)33)10-11-3-5-12(28)6-4-11/h3-6,13-15,28H,1-2,7-10,21H2,(H2,22,29)(H,26,30)(H,27,31)(H,32,33)(H4,23,24,25). The third-order valence-electron chi connectivity index (χ3n) is 4.61. The number of carboxylic acid groups (broad SMARTS) is 1. The van der Waals surface area contributed by atoms with Crippen LogP contribution in [0.2, 0.25) is 0 Å². The van der Waals surface area contributed by atoms with E-state index in [2.05, 4.69) is 15.6 Å². The number of nitrogens with one attached hydrogen (secondary N) is 2. The lowest BCUT2D eigenvalue weighted by molar-refractivity contribution is -0.142. The van der Waals surface area contributed by atoms with Crippen LogP contribution in [-0.2, 0) is 25.6 Å². The summed E-state index contributed by atoms with van der Waals surface area (Å²) >= 11 is 0. The summed E-state index contributed by atoms with van der Waals surface area (Å²) in [5.41, 5.74) is 21.9. The molecular formula is C20H31N7O6. The van der Waals surface area contributed by atoms with Crippen molar-refractivity contribution in [1.29, 1.82) is 0 Å². The first-order valence-electron chi connectivity index (χ1n) is 10.2. The Balaban J connectivity index is 2.88. The number of primary amides is 1. The summed E-state index contributed by atoms with van der Waals surface area (Å²) < 4.78 is 0. The minimum atomic E-state index is -1.29. The Morgan fingerprint density at radius 2 is 1.55 bits per heavy atom. The van der Waals surface area contributed by atoms with Crippen LogP contribution in [0, 0.1) is 0 Å². The highest BCUT2D eigenvalue weighted by Gasteiger charge is 2.28. The predicted molar refractivity (Wildman–Crippen MR) is 120 cm³/mol. The van der Waals surface area contributed by atoms with Gasteiger partial charge in [-0.25, -0.2) is 4.79 Å². The minimum Gasteiger partial charge on any atom is -0.508 e. The first kappa shape index (κ1) is 27.2. The molecule has 1 aromatic rings. The average Bonchev–Trinajstić information content (AvgIpc) is 2.74. The van der Waals surface area contributed by atoms with Gasteiger partial charge in [-0.1, -0.05) is 12.1 Å². The molecule has 13 nitrogen and oxygen atoms in total. The minimum absolute atomic E-state index is 0.0118. The lowest BCUT2D eigenvalue weighted by atomic mass is 10.0. The number of hydrogen-bond acceptors (Lipinski definition) is 7. The number of carbonyl (C=O) groups is 4. The van der Waals surface area contributed by atoms with Gasteiger partial charge in [0.2, 0.25) is 17.7 Å². The third kappa shape index (κ3) is 10.8. The molecule has 0 saturated carbocycles. The zero-order chi connectivity index (χ0) is 25.0. The van der Waals surface area contributed by atoms with Crippen LogP contribution in [0.15, 0.2) is 29.3 Å². The number of hydrogen-bond donors (Lipinski definition) is 8. The van der Waals surface area contributed by atoms with Crippen molar-refractivity contribution < 1.29 is 29.4 Å². The van der Waals surface area contributed by atoms with Crippen molar-refractivity contribution in [2.45, 2.75) is 50.2 Å². The van der Waals surface area contributed by atoms with Crippen LogP contribution in [0.1, 0.15) is 31.2 Å². The van der Waals surface area contributed by atoms with Crippen LogP contribution < -0.4 is 33.6 Å². The fourth-order valence-corrected chi connectivity index (χ4v) is 2.82.